The molecule has 4 heteroatoms. The number of nitrogens with zero attached hydrogens (tertiary/aromatic N) is 1. The number of rotatable bonds is 5. The number of aliphatic hydroxyl groups is 1. The van der Waals surface area contributed by atoms with Crippen molar-refractivity contribution in [2.24, 2.45) is 0 Å². The summed E-state index contributed by atoms with van der Waals surface area (Å²) in [6.07, 6.45) is 1.81. The summed E-state index contributed by atoms with van der Waals surface area (Å²) in [5.74, 6) is 0. The van der Waals surface area contributed by atoms with Gasteiger partial charge in [0.25, 0.3) is 0 Å². The molecule has 0 unspecified atom stereocenters. The van der Waals surface area contributed by atoms with Crippen molar-refractivity contribution in [2.45, 2.75) is 12.8 Å². The van der Waals surface area contributed by atoms with Crippen LogP contribution in [0.1, 0.15) is 12.8 Å². The molecule has 0 saturated carbocycles. The molecular formula is C10H14KNOW. The Labute approximate surface area is 143 Å². The van der Waals surface area contributed by atoms with Gasteiger partial charge in [0.1, 0.15) is 0 Å². The summed E-state index contributed by atoms with van der Waals surface area (Å²) in [6.45, 7) is 1.08. The molecule has 1 rings (SSSR count). The average Bonchev–Trinajstić information content (AvgIpc) is 2.14. The van der Waals surface area contributed by atoms with Crippen LogP contribution in [-0.4, -0.2) is 18.3 Å². The Bertz CT molecular complexity index is 209. The molecule has 1 N–H and O–H groups in total. The maximum Gasteiger partial charge on any atom is 1.00 e. The van der Waals surface area contributed by atoms with Crippen molar-refractivity contribution >= 4 is 5.69 Å². The summed E-state index contributed by atoms with van der Waals surface area (Å²) >= 11 is 0. The van der Waals surface area contributed by atoms with E-state index in [0.717, 1.165) is 25.1 Å². The van der Waals surface area contributed by atoms with E-state index < -0.39 is 0 Å². The molecule has 0 aromatic heterocycles. The predicted molar refractivity (Wildman–Crippen MR) is 50.6 cm³/mol. The Morgan fingerprint density at radius 1 is 1.07 bits per heavy atom. The summed E-state index contributed by atoms with van der Waals surface area (Å²) < 4.78 is 0. The van der Waals surface area contributed by atoms with E-state index in [1.54, 1.807) is 0 Å². The summed E-state index contributed by atoms with van der Waals surface area (Å²) in [6, 6.07) is 9.90. The fourth-order valence-electron chi connectivity index (χ4n) is 0.965. The maximum atomic E-state index is 8.52. The van der Waals surface area contributed by atoms with Crippen molar-refractivity contribution in [1.82, 2.24) is 0 Å². The fourth-order valence-corrected chi connectivity index (χ4v) is 0.965. The van der Waals surface area contributed by atoms with Crippen molar-refractivity contribution in [1.29, 1.82) is 0 Å². The van der Waals surface area contributed by atoms with Crippen LogP contribution in [0.25, 0.3) is 5.32 Å². The van der Waals surface area contributed by atoms with E-state index >= 15 is 0 Å². The van der Waals surface area contributed by atoms with E-state index in [9.17, 15) is 0 Å². The van der Waals surface area contributed by atoms with Gasteiger partial charge in [0, 0.05) is 27.7 Å². The fraction of sp³-hybridized carbons (Fsp3) is 0.400. The van der Waals surface area contributed by atoms with E-state index in [1.165, 1.54) is 0 Å². The van der Waals surface area contributed by atoms with Gasteiger partial charge in [-0.15, -0.1) is 12.2 Å². The molecule has 1 aromatic carbocycles. The smallest absolute Gasteiger partial charge is 0.684 e. The first kappa shape index (κ1) is 17.7. The van der Waals surface area contributed by atoms with Gasteiger partial charge < -0.3 is 10.4 Å². The standard InChI is InChI=1S/C10H14NO.K.W/c12-9-5-4-8-11-10-6-2-1-3-7-10;;/h1-3,6-7,12H,4-5,8-9H2;;/q-1;+1;. The Balaban J connectivity index is 0. The zero-order valence-corrected chi connectivity index (χ0v) is 14.6. The van der Waals surface area contributed by atoms with Crippen LogP contribution in [0.2, 0.25) is 0 Å². The van der Waals surface area contributed by atoms with Crippen LogP contribution in [0.5, 0.6) is 0 Å². The molecule has 0 saturated heterocycles. The molecule has 1 aromatic rings. The van der Waals surface area contributed by atoms with E-state index in [1.807, 2.05) is 30.3 Å². The predicted octanol–water partition coefficient (Wildman–Crippen LogP) is -0.534. The summed E-state index contributed by atoms with van der Waals surface area (Å²) in [7, 11) is 0. The molecule has 0 bridgehead atoms. The van der Waals surface area contributed by atoms with Crippen molar-refractivity contribution in [3.8, 4) is 0 Å². The van der Waals surface area contributed by atoms with Crippen LogP contribution in [0, 0.1) is 0 Å². The molecule has 14 heavy (non-hydrogen) atoms. The van der Waals surface area contributed by atoms with Crippen LogP contribution in [0.15, 0.2) is 30.3 Å². The minimum absolute atomic E-state index is 0. The molecule has 0 radical (unpaired) electrons. The maximum absolute atomic E-state index is 8.52. The van der Waals surface area contributed by atoms with Gasteiger partial charge in [-0.3, -0.25) is 0 Å². The van der Waals surface area contributed by atoms with E-state index in [0.29, 0.717) is 0 Å². The Hall–Kier alpha value is 1.30. The number of benzene rings is 1. The van der Waals surface area contributed by atoms with Crippen molar-refractivity contribution in [2.75, 3.05) is 13.2 Å². The number of para-hydroxylation sites is 1. The van der Waals surface area contributed by atoms with Crippen LogP contribution >= 0.6 is 0 Å². The van der Waals surface area contributed by atoms with Crippen LogP contribution < -0.4 is 51.4 Å². The molecule has 0 spiro atoms. The summed E-state index contributed by atoms with van der Waals surface area (Å²) in [4.78, 5) is 0. The molecule has 0 aliphatic rings. The largest absolute Gasteiger partial charge is 1.00 e. The molecule has 0 atom stereocenters. The number of hydrogen-bond donors (Lipinski definition) is 1. The SMILES string of the molecule is OCCCC[N-]c1ccccc1.[K+].[W]. The van der Waals surface area contributed by atoms with Gasteiger partial charge in [-0.2, -0.15) is 0 Å². The Morgan fingerprint density at radius 3 is 2.29 bits per heavy atom. The van der Waals surface area contributed by atoms with E-state index in [-0.39, 0.29) is 79.1 Å². The summed E-state index contributed by atoms with van der Waals surface area (Å²) in [5.41, 5.74) is 1.02. The molecule has 0 amide bonds. The first-order chi connectivity index (χ1) is 5.93. The van der Waals surface area contributed by atoms with Crippen molar-refractivity contribution in [3.05, 3.63) is 35.6 Å². The third-order valence-corrected chi connectivity index (χ3v) is 1.62. The average molecular weight is 387 g/mol. The molecule has 0 aliphatic carbocycles. The molecule has 0 aliphatic heterocycles. The normalized spacial score (nSPS) is 8.36. The molecule has 72 valence electrons. The second-order valence-corrected chi connectivity index (χ2v) is 2.65. The quantitative estimate of drug-likeness (QED) is 0.535. The van der Waals surface area contributed by atoms with Crippen molar-refractivity contribution in [3.63, 3.8) is 0 Å². The first-order valence-corrected chi connectivity index (χ1v) is 4.27. The van der Waals surface area contributed by atoms with E-state index in [2.05, 4.69) is 5.32 Å². The monoisotopic (exact) mass is 387 g/mol. The van der Waals surface area contributed by atoms with Crippen LogP contribution in [0.3, 0.4) is 0 Å². The second-order valence-electron chi connectivity index (χ2n) is 2.65. The van der Waals surface area contributed by atoms with Gasteiger partial charge >= 0.3 is 51.4 Å². The van der Waals surface area contributed by atoms with Crippen molar-refractivity contribution < 1.29 is 77.6 Å². The van der Waals surface area contributed by atoms with Gasteiger partial charge in [0.15, 0.2) is 0 Å². The number of aliphatic hydroxyl groups excluding tert-OH is 1. The summed E-state index contributed by atoms with van der Waals surface area (Å²) in [5, 5.41) is 12.9. The molecular weight excluding hydrogens is 373 g/mol. The van der Waals surface area contributed by atoms with Gasteiger partial charge in [0.2, 0.25) is 0 Å². The molecule has 0 fully saturated rings. The zero-order chi connectivity index (χ0) is 8.65. The Morgan fingerprint density at radius 2 is 1.71 bits per heavy atom. The van der Waals surface area contributed by atoms with Gasteiger partial charge in [0.05, 0.1) is 0 Å². The topological polar surface area (TPSA) is 34.3 Å². The minimum atomic E-state index is 0. The van der Waals surface area contributed by atoms with Gasteiger partial charge in [-0.25, -0.2) is 0 Å². The number of unbranched alkanes of at least 4 members (excludes halogenated alkanes) is 1. The molecule has 0 heterocycles. The first-order valence-electron chi connectivity index (χ1n) is 4.27. The third kappa shape index (κ3) is 8.60. The van der Waals surface area contributed by atoms with Crippen LogP contribution in [-0.2, 0) is 21.1 Å². The molecule has 2 nitrogen and oxygen atoms in total. The van der Waals surface area contributed by atoms with Gasteiger partial charge in [-0.1, -0.05) is 36.8 Å². The zero-order valence-electron chi connectivity index (χ0n) is 8.52. The minimum Gasteiger partial charge on any atom is -0.684 e. The Kier molecular flexibility index (Phi) is 15.6. The number of hydrogen-bond acceptors (Lipinski definition) is 1. The van der Waals surface area contributed by atoms with E-state index in [4.69, 9.17) is 5.11 Å². The third-order valence-electron chi connectivity index (χ3n) is 1.62. The second kappa shape index (κ2) is 12.4. The van der Waals surface area contributed by atoms with Gasteiger partial charge in [-0.05, 0) is 6.42 Å². The van der Waals surface area contributed by atoms with Crippen LogP contribution in [0.4, 0.5) is 5.69 Å².